The highest BCUT2D eigenvalue weighted by atomic mass is 35.5. The maximum absolute atomic E-state index is 12.9. The van der Waals surface area contributed by atoms with E-state index in [1.165, 1.54) is 20.0 Å². The zero-order valence-corrected chi connectivity index (χ0v) is 18.0. The van der Waals surface area contributed by atoms with Gasteiger partial charge in [-0.2, -0.15) is 0 Å². The molecule has 3 rings (SSSR count). The highest BCUT2D eigenvalue weighted by molar-refractivity contribution is 6.34. The minimum Gasteiger partial charge on any atom is -0.465 e. The van der Waals surface area contributed by atoms with Gasteiger partial charge in [-0.25, -0.2) is 4.79 Å². The third-order valence-electron chi connectivity index (χ3n) is 5.98. The molecule has 1 saturated carbocycles. The predicted molar refractivity (Wildman–Crippen MR) is 118 cm³/mol. The summed E-state index contributed by atoms with van der Waals surface area (Å²) in [6.07, 6.45) is 6.29. The van der Waals surface area contributed by atoms with Crippen LogP contribution in [0.25, 0.3) is 11.1 Å². The van der Waals surface area contributed by atoms with Gasteiger partial charge in [0.2, 0.25) is 0 Å². The number of esters is 1. The van der Waals surface area contributed by atoms with Crippen molar-refractivity contribution in [3.8, 4) is 11.1 Å². The molecule has 0 radical (unpaired) electrons. The van der Waals surface area contributed by atoms with Gasteiger partial charge in [-0.3, -0.25) is 4.79 Å². The molecule has 1 amide bonds. The minimum absolute atomic E-state index is 0.0631. The molecule has 6 heteroatoms. The fourth-order valence-electron chi connectivity index (χ4n) is 4.12. The van der Waals surface area contributed by atoms with E-state index in [0.717, 1.165) is 25.7 Å². The first kappa shape index (κ1) is 22.3. The van der Waals surface area contributed by atoms with Crippen LogP contribution in [-0.4, -0.2) is 37.2 Å². The summed E-state index contributed by atoms with van der Waals surface area (Å²) in [6.45, 7) is 0.481. The number of rotatable bonds is 6. The van der Waals surface area contributed by atoms with Crippen molar-refractivity contribution in [1.29, 1.82) is 0 Å². The smallest absolute Gasteiger partial charge is 0.338 e. The van der Waals surface area contributed by atoms with E-state index in [-0.39, 0.29) is 17.9 Å². The van der Waals surface area contributed by atoms with Crippen molar-refractivity contribution in [2.45, 2.75) is 38.5 Å². The molecule has 0 aliphatic heterocycles. The van der Waals surface area contributed by atoms with Crippen molar-refractivity contribution in [2.75, 3.05) is 20.3 Å². The van der Waals surface area contributed by atoms with E-state index in [0.29, 0.717) is 33.8 Å². The van der Waals surface area contributed by atoms with Crippen LogP contribution in [0.5, 0.6) is 0 Å². The van der Waals surface area contributed by atoms with Crippen LogP contribution in [-0.2, 0) is 4.74 Å². The Hall–Kier alpha value is -2.37. The molecule has 0 atom stereocenters. The Morgan fingerprint density at radius 1 is 1.07 bits per heavy atom. The molecule has 0 spiro atoms. The molecular formula is C24H28ClNO4. The lowest BCUT2D eigenvalue weighted by atomic mass is 9.81. The van der Waals surface area contributed by atoms with Gasteiger partial charge in [0.25, 0.3) is 5.91 Å². The van der Waals surface area contributed by atoms with Gasteiger partial charge in [-0.05, 0) is 42.2 Å². The van der Waals surface area contributed by atoms with Crippen molar-refractivity contribution < 1.29 is 19.4 Å². The maximum atomic E-state index is 12.9. The number of aliphatic hydroxyl groups excluding tert-OH is 1. The Balaban J connectivity index is 1.83. The monoisotopic (exact) mass is 429 g/mol. The summed E-state index contributed by atoms with van der Waals surface area (Å²) >= 11 is 6.32. The Labute approximate surface area is 182 Å². The van der Waals surface area contributed by atoms with E-state index in [9.17, 15) is 14.7 Å². The van der Waals surface area contributed by atoms with E-state index in [4.69, 9.17) is 16.3 Å². The number of carbonyl (C=O) groups excluding carboxylic acids is 2. The molecule has 0 aromatic heterocycles. The fraction of sp³-hybridized carbons (Fsp3) is 0.417. The molecule has 0 bridgehead atoms. The Morgan fingerprint density at radius 2 is 1.77 bits per heavy atom. The van der Waals surface area contributed by atoms with Crippen LogP contribution in [0.3, 0.4) is 0 Å². The van der Waals surface area contributed by atoms with Crippen molar-refractivity contribution in [1.82, 2.24) is 5.32 Å². The highest BCUT2D eigenvalue weighted by Crippen LogP contribution is 2.34. The van der Waals surface area contributed by atoms with E-state index in [1.807, 2.05) is 12.1 Å². The van der Waals surface area contributed by atoms with Crippen molar-refractivity contribution in [2.24, 2.45) is 5.41 Å². The van der Waals surface area contributed by atoms with E-state index in [2.05, 4.69) is 5.32 Å². The van der Waals surface area contributed by atoms with Gasteiger partial charge in [0, 0.05) is 12.0 Å². The van der Waals surface area contributed by atoms with Crippen LogP contribution < -0.4 is 5.32 Å². The molecule has 0 heterocycles. The SMILES string of the molecule is COC(=O)c1ccccc1-c1ccc(Cl)c(C(=O)NCC2(CO)CCCCCC2)c1. The molecule has 30 heavy (non-hydrogen) atoms. The van der Waals surface area contributed by atoms with Gasteiger partial charge in [0.15, 0.2) is 0 Å². The minimum atomic E-state index is -0.440. The molecule has 2 aromatic rings. The standard InChI is InChI=1S/C24H28ClNO4/c1-30-23(29)19-9-5-4-8-18(19)17-10-11-21(25)20(14-17)22(28)26-15-24(16-27)12-6-2-3-7-13-24/h4-5,8-11,14,27H,2-3,6-7,12-13,15-16H2,1H3,(H,26,28). The zero-order valence-electron chi connectivity index (χ0n) is 17.2. The summed E-state index contributed by atoms with van der Waals surface area (Å²) < 4.78 is 4.87. The second kappa shape index (κ2) is 10.1. The summed E-state index contributed by atoms with van der Waals surface area (Å²) in [6, 6.07) is 12.2. The number of amides is 1. The van der Waals surface area contributed by atoms with Crippen molar-refractivity contribution >= 4 is 23.5 Å². The molecular weight excluding hydrogens is 402 g/mol. The summed E-state index contributed by atoms with van der Waals surface area (Å²) in [5, 5.41) is 13.3. The molecule has 2 N–H and O–H groups in total. The first-order valence-electron chi connectivity index (χ1n) is 10.4. The van der Waals surface area contributed by atoms with Crippen molar-refractivity contribution in [3.63, 3.8) is 0 Å². The number of halogens is 1. The predicted octanol–water partition coefficient (Wildman–Crippen LogP) is 4.86. The third kappa shape index (κ3) is 5.02. The number of carbonyl (C=O) groups is 2. The maximum Gasteiger partial charge on any atom is 0.338 e. The quantitative estimate of drug-likeness (QED) is 0.508. The topological polar surface area (TPSA) is 75.6 Å². The van der Waals surface area contributed by atoms with Crippen molar-refractivity contribution in [3.05, 3.63) is 58.6 Å². The lowest BCUT2D eigenvalue weighted by molar-refractivity contribution is 0.0601. The van der Waals surface area contributed by atoms with Crippen LogP contribution >= 0.6 is 11.6 Å². The average Bonchev–Trinajstić information content (AvgIpc) is 3.03. The van der Waals surface area contributed by atoms with Crippen LogP contribution in [0.1, 0.15) is 59.2 Å². The summed E-state index contributed by atoms with van der Waals surface area (Å²) in [7, 11) is 1.34. The lowest BCUT2D eigenvalue weighted by Gasteiger charge is -2.31. The van der Waals surface area contributed by atoms with Crippen LogP contribution in [0, 0.1) is 5.41 Å². The van der Waals surface area contributed by atoms with Crippen LogP contribution in [0.4, 0.5) is 0 Å². The zero-order chi connectivity index (χ0) is 21.6. The Kier molecular flexibility index (Phi) is 7.51. The number of ether oxygens (including phenoxy) is 1. The highest BCUT2D eigenvalue weighted by Gasteiger charge is 2.31. The molecule has 5 nitrogen and oxygen atoms in total. The van der Waals surface area contributed by atoms with Gasteiger partial charge in [0.1, 0.15) is 0 Å². The van der Waals surface area contributed by atoms with E-state index < -0.39 is 5.97 Å². The average molecular weight is 430 g/mol. The van der Waals surface area contributed by atoms with Gasteiger partial charge >= 0.3 is 5.97 Å². The Bertz CT molecular complexity index is 904. The molecule has 1 aliphatic rings. The van der Waals surface area contributed by atoms with Gasteiger partial charge in [-0.1, -0.05) is 61.5 Å². The number of hydrogen-bond acceptors (Lipinski definition) is 4. The summed E-state index contributed by atoms with van der Waals surface area (Å²) in [5.41, 5.74) is 1.87. The van der Waals surface area contributed by atoms with Gasteiger partial charge < -0.3 is 15.2 Å². The first-order valence-corrected chi connectivity index (χ1v) is 10.7. The molecule has 1 aliphatic carbocycles. The number of hydrogen-bond donors (Lipinski definition) is 2. The molecule has 0 saturated heterocycles. The van der Waals surface area contributed by atoms with E-state index >= 15 is 0 Å². The second-order valence-electron chi connectivity index (χ2n) is 7.99. The first-order chi connectivity index (χ1) is 14.5. The second-order valence-corrected chi connectivity index (χ2v) is 8.39. The van der Waals surface area contributed by atoms with Crippen LogP contribution in [0.2, 0.25) is 5.02 Å². The van der Waals surface area contributed by atoms with E-state index in [1.54, 1.807) is 30.3 Å². The molecule has 2 aromatic carbocycles. The van der Waals surface area contributed by atoms with Crippen LogP contribution in [0.15, 0.2) is 42.5 Å². The molecule has 0 unspecified atom stereocenters. The molecule has 1 fully saturated rings. The third-order valence-corrected chi connectivity index (χ3v) is 6.31. The number of benzene rings is 2. The fourth-order valence-corrected chi connectivity index (χ4v) is 4.33. The molecule has 160 valence electrons. The van der Waals surface area contributed by atoms with Gasteiger partial charge in [0.05, 0.1) is 29.9 Å². The van der Waals surface area contributed by atoms with Gasteiger partial charge in [-0.15, -0.1) is 0 Å². The number of aliphatic hydroxyl groups is 1. The normalized spacial score (nSPS) is 15.8. The summed E-state index contributed by atoms with van der Waals surface area (Å²) in [5.74, 6) is -0.723. The number of nitrogens with one attached hydrogen (secondary N) is 1. The largest absolute Gasteiger partial charge is 0.465 e. The summed E-state index contributed by atoms with van der Waals surface area (Å²) in [4.78, 5) is 25.1. The lowest BCUT2D eigenvalue weighted by Crippen LogP contribution is -2.40. The Morgan fingerprint density at radius 3 is 2.43 bits per heavy atom. The number of methoxy groups -OCH3 is 1.